The fraction of sp³-hybridized carbons (Fsp3) is 0.500. The Morgan fingerprint density at radius 3 is 2.53 bits per heavy atom. The molecule has 5 nitrogen and oxygen atoms in total. The average molecular weight is 268 g/mol. The second-order valence-electron chi connectivity index (χ2n) is 4.52. The van der Waals surface area contributed by atoms with Crippen molar-refractivity contribution in [2.75, 3.05) is 14.2 Å². The molecule has 2 unspecified atom stereocenters. The van der Waals surface area contributed by atoms with E-state index in [9.17, 15) is 15.0 Å². The second kappa shape index (κ2) is 5.93. The molecular formula is C14H20O5. The van der Waals surface area contributed by atoms with Crippen LogP contribution in [-0.4, -0.2) is 30.4 Å². The summed E-state index contributed by atoms with van der Waals surface area (Å²) < 4.78 is 9.72. The number of rotatable bonds is 5. The van der Waals surface area contributed by atoms with Crippen molar-refractivity contribution in [3.63, 3.8) is 0 Å². The summed E-state index contributed by atoms with van der Waals surface area (Å²) in [7, 11) is 2.71. The van der Waals surface area contributed by atoms with Crippen molar-refractivity contribution >= 4 is 5.97 Å². The zero-order valence-corrected chi connectivity index (χ0v) is 11.6. The van der Waals surface area contributed by atoms with E-state index in [1.54, 1.807) is 19.9 Å². The third-order valence-corrected chi connectivity index (χ3v) is 3.34. The van der Waals surface area contributed by atoms with Crippen LogP contribution in [0.2, 0.25) is 0 Å². The number of ether oxygens (including phenoxy) is 2. The molecule has 0 radical (unpaired) electrons. The van der Waals surface area contributed by atoms with E-state index in [0.717, 1.165) is 0 Å². The molecule has 1 aromatic rings. The standard InChI is InChI=1S/C14H20O5/c1-5-10(13(16)19-4)14(2,17)9-6-7-11(15)12(8-9)18-3/h6-8,10,15,17H,5H2,1-4H3. The molecule has 2 atom stereocenters. The van der Waals surface area contributed by atoms with E-state index in [0.29, 0.717) is 12.0 Å². The molecule has 0 aliphatic heterocycles. The molecule has 106 valence electrons. The number of aliphatic hydroxyl groups is 1. The van der Waals surface area contributed by atoms with Crippen LogP contribution in [-0.2, 0) is 15.1 Å². The molecule has 2 N–H and O–H groups in total. The summed E-state index contributed by atoms with van der Waals surface area (Å²) in [6, 6.07) is 4.50. The number of esters is 1. The normalized spacial score (nSPS) is 15.4. The Hall–Kier alpha value is -1.75. The molecule has 1 aromatic carbocycles. The minimum absolute atomic E-state index is 0.0202. The van der Waals surface area contributed by atoms with Gasteiger partial charge in [-0.1, -0.05) is 13.0 Å². The molecule has 0 aromatic heterocycles. The predicted octanol–water partition coefficient (Wildman–Crippen LogP) is 1.81. The van der Waals surface area contributed by atoms with Crippen molar-refractivity contribution in [3.8, 4) is 11.5 Å². The monoisotopic (exact) mass is 268 g/mol. The summed E-state index contributed by atoms with van der Waals surface area (Å²) in [6.45, 7) is 3.34. The van der Waals surface area contributed by atoms with E-state index in [1.807, 2.05) is 0 Å². The van der Waals surface area contributed by atoms with E-state index >= 15 is 0 Å². The van der Waals surface area contributed by atoms with Gasteiger partial charge >= 0.3 is 5.97 Å². The Kier molecular flexibility index (Phi) is 4.78. The second-order valence-corrected chi connectivity index (χ2v) is 4.52. The van der Waals surface area contributed by atoms with E-state index in [2.05, 4.69) is 0 Å². The Labute approximate surface area is 112 Å². The maximum absolute atomic E-state index is 11.7. The third-order valence-electron chi connectivity index (χ3n) is 3.34. The molecule has 1 rings (SSSR count). The number of hydrogen-bond acceptors (Lipinski definition) is 5. The highest BCUT2D eigenvalue weighted by Gasteiger charge is 2.38. The Bertz CT molecular complexity index is 453. The first-order valence-corrected chi connectivity index (χ1v) is 6.06. The maximum atomic E-state index is 11.7. The molecule has 0 fully saturated rings. The van der Waals surface area contributed by atoms with Crippen molar-refractivity contribution in [3.05, 3.63) is 23.8 Å². The minimum atomic E-state index is -1.40. The molecule has 0 aliphatic carbocycles. The van der Waals surface area contributed by atoms with Crippen LogP contribution in [0.5, 0.6) is 11.5 Å². The number of methoxy groups -OCH3 is 2. The number of phenols is 1. The molecule has 0 bridgehead atoms. The molecule has 0 spiro atoms. The van der Waals surface area contributed by atoms with Gasteiger partial charge in [-0.05, 0) is 31.0 Å². The fourth-order valence-corrected chi connectivity index (χ4v) is 2.13. The number of phenolic OH excluding ortho intramolecular Hbond substituents is 1. The van der Waals surface area contributed by atoms with Crippen LogP contribution < -0.4 is 4.74 Å². The molecule has 0 saturated heterocycles. The third kappa shape index (κ3) is 2.98. The summed E-state index contributed by atoms with van der Waals surface area (Å²) in [5.41, 5.74) is -0.914. The highest BCUT2D eigenvalue weighted by atomic mass is 16.5. The van der Waals surface area contributed by atoms with Gasteiger partial charge in [0.1, 0.15) is 5.60 Å². The molecular weight excluding hydrogens is 248 g/mol. The Morgan fingerprint density at radius 1 is 1.42 bits per heavy atom. The van der Waals surface area contributed by atoms with Crippen molar-refractivity contribution in [2.45, 2.75) is 25.9 Å². The lowest BCUT2D eigenvalue weighted by molar-refractivity contribution is -0.155. The fourth-order valence-electron chi connectivity index (χ4n) is 2.13. The Balaban J connectivity index is 3.21. The zero-order valence-electron chi connectivity index (χ0n) is 11.6. The summed E-state index contributed by atoms with van der Waals surface area (Å²) in [4.78, 5) is 11.7. The smallest absolute Gasteiger partial charge is 0.311 e. The van der Waals surface area contributed by atoms with Crippen LogP contribution in [0.15, 0.2) is 18.2 Å². The average Bonchev–Trinajstić information content (AvgIpc) is 2.39. The largest absolute Gasteiger partial charge is 0.504 e. The van der Waals surface area contributed by atoms with Crippen molar-refractivity contribution in [1.29, 1.82) is 0 Å². The van der Waals surface area contributed by atoms with Crippen LogP contribution in [0.1, 0.15) is 25.8 Å². The van der Waals surface area contributed by atoms with Gasteiger partial charge < -0.3 is 19.7 Å². The van der Waals surface area contributed by atoms with Gasteiger partial charge in [0.25, 0.3) is 0 Å². The number of hydrogen-bond donors (Lipinski definition) is 2. The lowest BCUT2D eigenvalue weighted by atomic mass is 9.81. The van der Waals surface area contributed by atoms with E-state index < -0.39 is 17.5 Å². The lowest BCUT2D eigenvalue weighted by Crippen LogP contribution is -2.37. The van der Waals surface area contributed by atoms with Gasteiger partial charge in [0.15, 0.2) is 11.5 Å². The first-order valence-electron chi connectivity index (χ1n) is 6.06. The number of carbonyl (C=O) groups excluding carboxylic acids is 1. The Morgan fingerprint density at radius 2 is 2.05 bits per heavy atom. The highest BCUT2D eigenvalue weighted by Crippen LogP contribution is 2.36. The molecule has 19 heavy (non-hydrogen) atoms. The highest BCUT2D eigenvalue weighted by molar-refractivity contribution is 5.74. The molecule has 0 heterocycles. The van der Waals surface area contributed by atoms with Crippen molar-refractivity contribution in [1.82, 2.24) is 0 Å². The molecule has 0 aliphatic rings. The van der Waals surface area contributed by atoms with Crippen LogP contribution in [0.25, 0.3) is 0 Å². The van der Waals surface area contributed by atoms with Gasteiger partial charge in [-0.25, -0.2) is 0 Å². The van der Waals surface area contributed by atoms with Gasteiger partial charge in [0.05, 0.1) is 20.1 Å². The lowest BCUT2D eigenvalue weighted by Gasteiger charge is -2.31. The van der Waals surface area contributed by atoms with E-state index in [1.165, 1.54) is 26.4 Å². The topological polar surface area (TPSA) is 76.0 Å². The summed E-state index contributed by atoms with van der Waals surface area (Å²) in [5, 5.41) is 20.2. The quantitative estimate of drug-likeness (QED) is 0.796. The first kappa shape index (κ1) is 15.3. The van der Waals surface area contributed by atoms with Gasteiger partial charge in [-0.15, -0.1) is 0 Å². The van der Waals surface area contributed by atoms with Crippen LogP contribution >= 0.6 is 0 Å². The molecule has 5 heteroatoms. The van der Waals surface area contributed by atoms with Crippen molar-refractivity contribution < 1.29 is 24.5 Å². The van der Waals surface area contributed by atoms with Gasteiger partial charge in [0.2, 0.25) is 0 Å². The summed E-state index contributed by atoms with van der Waals surface area (Å²) >= 11 is 0. The van der Waals surface area contributed by atoms with Gasteiger partial charge in [0, 0.05) is 0 Å². The van der Waals surface area contributed by atoms with Crippen LogP contribution in [0.3, 0.4) is 0 Å². The van der Waals surface area contributed by atoms with Gasteiger partial charge in [-0.2, -0.15) is 0 Å². The minimum Gasteiger partial charge on any atom is -0.504 e. The van der Waals surface area contributed by atoms with E-state index in [4.69, 9.17) is 9.47 Å². The van der Waals surface area contributed by atoms with Crippen molar-refractivity contribution in [2.24, 2.45) is 5.92 Å². The van der Waals surface area contributed by atoms with Crippen LogP contribution in [0, 0.1) is 5.92 Å². The predicted molar refractivity (Wildman–Crippen MR) is 70.0 cm³/mol. The molecule has 0 amide bonds. The van der Waals surface area contributed by atoms with Crippen LogP contribution in [0.4, 0.5) is 0 Å². The van der Waals surface area contributed by atoms with E-state index in [-0.39, 0.29) is 11.5 Å². The molecule has 0 saturated carbocycles. The summed E-state index contributed by atoms with van der Waals surface area (Å²) in [6.07, 6.45) is 0.433. The maximum Gasteiger partial charge on any atom is 0.311 e. The zero-order chi connectivity index (χ0) is 14.6. The SMILES string of the molecule is CCC(C(=O)OC)C(C)(O)c1ccc(O)c(OC)c1. The number of benzene rings is 1. The first-order chi connectivity index (χ1) is 8.88. The summed E-state index contributed by atoms with van der Waals surface area (Å²) in [5.74, 6) is -0.933. The number of aromatic hydroxyl groups is 1. The number of carbonyl (C=O) groups is 1. The van der Waals surface area contributed by atoms with Gasteiger partial charge in [-0.3, -0.25) is 4.79 Å².